The lowest BCUT2D eigenvalue weighted by molar-refractivity contribution is -0.192. The van der Waals surface area contributed by atoms with Gasteiger partial charge >= 0.3 is 12.1 Å². The molecular formula is C32H34BrClF3N3O5. The first-order chi connectivity index (χ1) is 21.5. The Balaban J connectivity index is 0.000000591. The first-order valence-electron chi connectivity index (χ1n) is 14.4. The average Bonchev–Trinajstić information content (AvgIpc) is 3.04. The van der Waals surface area contributed by atoms with Gasteiger partial charge in [0.05, 0.1) is 26.4 Å². The van der Waals surface area contributed by atoms with Gasteiger partial charge in [-0.1, -0.05) is 51.8 Å². The van der Waals surface area contributed by atoms with E-state index in [4.69, 9.17) is 31.0 Å². The summed E-state index contributed by atoms with van der Waals surface area (Å²) in [5.41, 5.74) is 3.06. The molecule has 1 unspecified atom stereocenters. The minimum absolute atomic E-state index is 0.0640. The van der Waals surface area contributed by atoms with Gasteiger partial charge in [-0.2, -0.15) is 13.2 Å². The summed E-state index contributed by atoms with van der Waals surface area (Å²) >= 11 is 9.74. The van der Waals surface area contributed by atoms with Crippen molar-refractivity contribution < 1.29 is 37.3 Å². The fourth-order valence-corrected chi connectivity index (χ4v) is 6.15. The summed E-state index contributed by atoms with van der Waals surface area (Å²) in [6.07, 6.45) is -0.529. The molecule has 1 aliphatic carbocycles. The van der Waals surface area contributed by atoms with Crippen LogP contribution in [0.25, 0.3) is 0 Å². The highest BCUT2D eigenvalue weighted by atomic mass is 79.9. The number of carbonyl (C=O) groups excluding carboxylic acids is 1. The predicted octanol–water partition coefficient (Wildman–Crippen LogP) is 6.63. The van der Waals surface area contributed by atoms with Gasteiger partial charge in [0.2, 0.25) is 11.8 Å². The van der Waals surface area contributed by atoms with Gasteiger partial charge in [0.25, 0.3) is 0 Å². The number of hydrogen-bond donors (Lipinski definition) is 2. The Labute approximate surface area is 273 Å². The van der Waals surface area contributed by atoms with E-state index in [-0.39, 0.29) is 23.8 Å². The van der Waals surface area contributed by atoms with Crippen LogP contribution >= 0.6 is 27.5 Å². The van der Waals surface area contributed by atoms with Crippen LogP contribution in [0.1, 0.15) is 47.9 Å². The van der Waals surface area contributed by atoms with E-state index in [1.54, 1.807) is 13.3 Å². The zero-order valence-corrected chi connectivity index (χ0v) is 26.8. The molecule has 1 saturated carbocycles. The van der Waals surface area contributed by atoms with Crippen LogP contribution < -0.4 is 10.1 Å². The van der Waals surface area contributed by atoms with E-state index in [9.17, 15) is 18.0 Å². The smallest absolute Gasteiger partial charge is 0.481 e. The maximum absolute atomic E-state index is 14.1. The summed E-state index contributed by atoms with van der Waals surface area (Å²) in [5, 5.41) is 11.2. The fourth-order valence-electron chi connectivity index (χ4n) is 5.76. The average molecular weight is 713 g/mol. The lowest BCUT2D eigenvalue weighted by Crippen LogP contribution is -2.48. The number of carboxylic acid groups (broad SMARTS) is 1. The van der Waals surface area contributed by atoms with E-state index in [1.165, 1.54) is 5.56 Å². The first-order valence-corrected chi connectivity index (χ1v) is 15.6. The van der Waals surface area contributed by atoms with Crippen LogP contribution in [-0.2, 0) is 14.3 Å². The summed E-state index contributed by atoms with van der Waals surface area (Å²) in [6, 6.07) is 19.9. The maximum atomic E-state index is 14.1. The summed E-state index contributed by atoms with van der Waals surface area (Å²) in [4.78, 5) is 29.9. The number of benzene rings is 2. The summed E-state index contributed by atoms with van der Waals surface area (Å²) < 4.78 is 43.6. The number of methoxy groups -OCH3 is 1. The van der Waals surface area contributed by atoms with Gasteiger partial charge in [0.1, 0.15) is 0 Å². The third-order valence-electron chi connectivity index (χ3n) is 8.05. The number of nitrogens with one attached hydrogen (secondary N) is 1. The number of amides is 1. The minimum Gasteiger partial charge on any atom is -0.481 e. The Hall–Kier alpha value is -3.19. The second kappa shape index (κ2) is 15.9. The number of alkyl halides is 3. The van der Waals surface area contributed by atoms with Crippen molar-refractivity contribution in [2.24, 2.45) is 5.92 Å². The van der Waals surface area contributed by atoms with Crippen LogP contribution in [0.4, 0.5) is 13.2 Å². The van der Waals surface area contributed by atoms with E-state index in [2.05, 4.69) is 55.4 Å². The zero-order valence-electron chi connectivity index (χ0n) is 24.5. The molecule has 1 amide bonds. The molecule has 4 atom stereocenters. The summed E-state index contributed by atoms with van der Waals surface area (Å²) in [6.45, 7) is 3.47. The van der Waals surface area contributed by atoms with Crippen molar-refractivity contribution in [3.8, 4) is 5.88 Å². The van der Waals surface area contributed by atoms with Crippen LogP contribution in [0.3, 0.4) is 0 Å². The molecule has 1 saturated heterocycles. The molecule has 8 nitrogen and oxygen atoms in total. The number of carbonyl (C=O) groups is 2. The SMILES string of the molecule is COc1ccc(C(NC(=O)[C@@H]2CC[C@@H](N3CCOCC3)C[C@H]2c2ccc(Br)cc2)c2ccc(Cl)cc2)cn1.O=C(O)C(F)(F)F. The minimum atomic E-state index is -5.08. The third-order valence-corrected chi connectivity index (χ3v) is 8.83. The second-order valence-electron chi connectivity index (χ2n) is 10.8. The van der Waals surface area contributed by atoms with Crippen molar-refractivity contribution in [1.29, 1.82) is 0 Å². The summed E-state index contributed by atoms with van der Waals surface area (Å²) in [5.74, 6) is -2.16. The van der Waals surface area contributed by atoms with Crippen LogP contribution in [0.2, 0.25) is 5.02 Å². The molecular weight excluding hydrogens is 679 g/mol. The Morgan fingerprint density at radius 1 is 1.04 bits per heavy atom. The van der Waals surface area contributed by atoms with Gasteiger partial charge in [-0.15, -0.1) is 0 Å². The lowest BCUT2D eigenvalue weighted by Gasteiger charge is -2.42. The molecule has 13 heteroatoms. The van der Waals surface area contributed by atoms with Gasteiger partial charge in [-0.05, 0) is 72.2 Å². The molecule has 242 valence electrons. The molecule has 45 heavy (non-hydrogen) atoms. The molecule has 5 rings (SSSR count). The number of pyridine rings is 1. The number of nitrogens with zero attached hydrogens (tertiary/aromatic N) is 2. The molecule has 2 aliphatic rings. The summed E-state index contributed by atoms with van der Waals surface area (Å²) in [7, 11) is 1.59. The Kier molecular flexibility index (Phi) is 12.2. The number of carboxylic acids is 1. The normalized spacial score (nSPS) is 21.2. The molecule has 3 aromatic rings. The molecule has 2 aromatic carbocycles. The standard InChI is InChI=1S/C30H33BrClN3O3.C2HF3O2/c1-37-28-13-6-22(19-33-28)29(21-4-9-24(32)10-5-21)34-30(36)26-12-11-25(35-14-16-38-17-15-35)18-27(26)20-2-7-23(31)8-3-20;3-2(4,5)1(6)7/h2-10,13,19,25-27,29H,11-12,14-18H2,1H3,(H,34,36);(H,6,7)/t25-,26-,27+,29?;/m1./s1. The molecule has 0 radical (unpaired) electrons. The zero-order chi connectivity index (χ0) is 32.6. The van der Waals surface area contributed by atoms with Gasteiger partial charge in [0, 0.05) is 46.8 Å². The van der Waals surface area contributed by atoms with Crippen molar-refractivity contribution in [3.05, 3.63) is 93.0 Å². The number of morpholine rings is 1. The highest BCUT2D eigenvalue weighted by Crippen LogP contribution is 2.41. The molecule has 2 fully saturated rings. The van der Waals surface area contributed by atoms with E-state index >= 15 is 0 Å². The van der Waals surface area contributed by atoms with Crippen LogP contribution in [0, 0.1) is 5.92 Å². The molecule has 1 aliphatic heterocycles. The lowest BCUT2D eigenvalue weighted by atomic mass is 9.72. The van der Waals surface area contributed by atoms with Gasteiger partial charge in [0.15, 0.2) is 0 Å². The van der Waals surface area contributed by atoms with Crippen molar-refractivity contribution in [1.82, 2.24) is 15.2 Å². The molecule has 0 spiro atoms. The van der Waals surface area contributed by atoms with Crippen molar-refractivity contribution in [2.75, 3.05) is 33.4 Å². The maximum Gasteiger partial charge on any atom is 0.490 e. The van der Waals surface area contributed by atoms with Crippen LogP contribution in [-0.4, -0.2) is 72.5 Å². The van der Waals surface area contributed by atoms with E-state index in [1.807, 2.05) is 36.4 Å². The second-order valence-corrected chi connectivity index (χ2v) is 12.2. The van der Waals surface area contributed by atoms with Gasteiger partial charge < -0.3 is 19.9 Å². The molecule has 1 aromatic heterocycles. The van der Waals surface area contributed by atoms with Crippen molar-refractivity contribution >= 4 is 39.4 Å². The van der Waals surface area contributed by atoms with Gasteiger partial charge in [-0.3, -0.25) is 9.69 Å². The fraction of sp³-hybridized carbons (Fsp3) is 0.406. The van der Waals surface area contributed by atoms with E-state index in [0.717, 1.165) is 61.2 Å². The highest BCUT2D eigenvalue weighted by Gasteiger charge is 2.39. The number of aliphatic carboxylic acids is 1. The Bertz CT molecular complexity index is 1410. The van der Waals surface area contributed by atoms with Crippen LogP contribution in [0.15, 0.2) is 71.3 Å². The highest BCUT2D eigenvalue weighted by molar-refractivity contribution is 9.10. The first kappa shape index (κ1) is 34.7. The van der Waals surface area contributed by atoms with E-state index in [0.29, 0.717) is 16.9 Å². The molecule has 2 N–H and O–H groups in total. The third kappa shape index (κ3) is 9.65. The van der Waals surface area contributed by atoms with Crippen molar-refractivity contribution in [3.63, 3.8) is 0 Å². The number of rotatable bonds is 7. The Morgan fingerprint density at radius 3 is 2.22 bits per heavy atom. The van der Waals surface area contributed by atoms with E-state index < -0.39 is 12.1 Å². The number of halogens is 5. The van der Waals surface area contributed by atoms with Gasteiger partial charge in [-0.25, -0.2) is 9.78 Å². The number of hydrogen-bond acceptors (Lipinski definition) is 6. The number of ether oxygens (including phenoxy) is 2. The Morgan fingerprint density at radius 2 is 1.67 bits per heavy atom. The van der Waals surface area contributed by atoms with Crippen LogP contribution in [0.5, 0.6) is 5.88 Å². The number of aromatic nitrogens is 1. The quantitative estimate of drug-likeness (QED) is 0.284. The predicted molar refractivity (Wildman–Crippen MR) is 166 cm³/mol. The monoisotopic (exact) mass is 711 g/mol. The topological polar surface area (TPSA) is 101 Å². The van der Waals surface area contributed by atoms with Crippen molar-refractivity contribution in [2.45, 2.75) is 43.4 Å². The molecule has 2 heterocycles. The largest absolute Gasteiger partial charge is 0.490 e. The molecule has 0 bridgehead atoms.